The molecule has 6 heteroatoms. The number of nitrogens with one attached hydrogen (secondary N) is 1. The van der Waals surface area contributed by atoms with Gasteiger partial charge in [-0.15, -0.1) is 0 Å². The van der Waals surface area contributed by atoms with Crippen molar-refractivity contribution in [3.05, 3.63) is 27.9 Å². The molecular weight excluding hydrogens is 222 g/mol. The van der Waals surface area contributed by atoms with Crippen molar-refractivity contribution >= 4 is 11.5 Å². The Hall–Kier alpha value is -1.69. The maximum atomic E-state index is 10.5. The van der Waals surface area contributed by atoms with Crippen molar-refractivity contribution in [3.8, 4) is 0 Å². The Kier molecular flexibility index (Phi) is 4.39. The molecule has 0 saturated carbocycles. The number of anilines is 1. The van der Waals surface area contributed by atoms with Gasteiger partial charge >= 0.3 is 0 Å². The molecule has 2 atom stereocenters. The second kappa shape index (κ2) is 5.58. The zero-order chi connectivity index (χ0) is 13.0. The minimum absolute atomic E-state index is 0.0174. The molecule has 0 amide bonds. The molecule has 6 nitrogen and oxygen atoms in total. The van der Waals surface area contributed by atoms with Crippen LogP contribution in [0.5, 0.6) is 0 Å². The molecule has 0 spiro atoms. The van der Waals surface area contributed by atoms with Crippen LogP contribution in [0.4, 0.5) is 11.5 Å². The van der Waals surface area contributed by atoms with E-state index in [-0.39, 0.29) is 11.7 Å². The van der Waals surface area contributed by atoms with Gasteiger partial charge in [-0.25, -0.2) is 4.98 Å². The SMILES string of the molecule is Cc1cc([N+](=O)[O-])cnc1NC(C)CC(C)O. The first-order valence-corrected chi connectivity index (χ1v) is 5.45. The Morgan fingerprint density at radius 3 is 2.71 bits per heavy atom. The highest BCUT2D eigenvalue weighted by molar-refractivity contribution is 5.48. The van der Waals surface area contributed by atoms with Gasteiger partial charge in [-0.3, -0.25) is 10.1 Å². The van der Waals surface area contributed by atoms with Gasteiger partial charge in [0.25, 0.3) is 5.69 Å². The largest absolute Gasteiger partial charge is 0.393 e. The first kappa shape index (κ1) is 13.4. The molecule has 0 saturated heterocycles. The lowest BCUT2D eigenvalue weighted by Crippen LogP contribution is -2.21. The number of pyridine rings is 1. The molecule has 1 rings (SSSR count). The first-order chi connectivity index (χ1) is 7.90. The summed E-state index contributed by atoms with van der Waals surface area (Å²) in [6.07, 6.45) is 1.43. The molecule has 1 heterocycles. The van der Waals surface area contributed by atoms with Crippen molar-refractivity contribution < 1.29 is 10.0 Å². The van der Waals surface area contributed by atoms with Gasteiger partial charge in [-0.1, -0.05) is 0 Å². The predicted octanol–water partition coefficient (Wildman–Crippen LogP) is 1.87. The zero-order valence-electron chi connectivity index (χ0n) is 10.2. The van der Waals surface area contributed by atoms with Crippen molar-refractivity contribution in [2.75, 3.05) is 5.32 Å². The summed E-state index contributed by atoms with van der Waals surface area (Å²) in [6.45, 7) is 5.40. The summed E-state index contributed by atoms with van der Waals surface area (Å²) in [5, 5.41) is 22.9. The summed E-state index contributed by atoms with van der Waals surface area (Å²) in [5.41, 5.74) is 0.702. The van der Waals surface area contributed by atoms with Crippen molar-refractivity contribution in [2.45, 2.75) is 39.3 Å². The number of hydrogen-bond donors (Lipinski definition) is 2. The molecule has 0 radical (unpaired) electrons. The summed E-state index contributed by atoms with van der Waals surface area (Å²) in [4.78, 5) is 14.1. The summed E-state index contributed by atoms with van der Waals surface area (Å²) < 4.78 is 0. The maximum absolute atomic E-state index is 10.5. The van der Waals surface area contributed by atoms with Gasteiger partial charge in [0.1, 0.15) is 12.0 Å². The third-order valence-corrected chi connectivity index (χ3v) is 2.35. The van der Waals surface area contributed by atoms with Crippen molar-refractivity contribution in [3.63, 3.8) is 0 Å². The number of nitrogens with zero attached hydrogens (tertiary/aromatic N) is 2. The Bertz CT molecular complexity index is 407. The lowest BCUT2D eigenvalue weighted by atomic mass is 10.1. The van der Waals surface area contributed by atoms with E-state index in [9.17, 15) is 15.2 Å². The molecule has 17 heavy (non-hydrogen) atoms. The minimum atomic E-state index is -0.469. The van der Waals surface area contributed by atoms with Gasteiger partial charge in [-0.2, -0.15) is 0 Å². The normalized spacial score (nSPS) is 14.1. The lowest BCUT2D eigenvalue weighted by molar-refractivity contribution is -0.385. The molecule has 0 aliphatic rings. The number of aliphatic hydroxyl groups is 1. The Morgan fingerprint density at radius 2 is 2.24 bits per heavy atom. The Morgan fingerprint density at radius 1 is 1.59 bits per heavy atom. The summed E-state index contributed by atoms with van der Waals surface area (Å²) in [5.74, 6) is 0.615. The molecule has 1 aromatic heterocycles. The van der Waals surface area contributed by atoms with Crippen LogP contribution in [0.15, 0.2) is 12.3 Å². The summed E-state index contributed by atoms with van der Waals surface area (Å²) in [6, 6.07) is 1.53. The van der Waals surface area contributed by atoms with Crippen LogP contribution in [0.2, 0.25) is 0 Å². The zero-order valence-corrected chi connectivity index (χ0v) is 10.2. The molecule has 0 fully saturated rings. The van der Waals surface area contributed by atoms with Gasteiger partial charge in [0.05, 0.1) is 11.0 Å². The summed E-state index contributed by atoms with van der Waals surface area (Å²) in [7, 11) is 0. The second-order valence-corrected chi connectivity index (χ2v) is 4.25. The smallest absolute Gasteiger partial charge is 0.287 e. The van der Waals surface area contributed by atoms with E-state index in [1.165, 1.54) is 12.3 Å². The van der Waals surface area contributed by atoms with E-state index in [0.717, 1.165) is 5.56 Å². The van der Waals surface area contributed by atoms with Gasteiger partial charge in [0.15, 0.2) is 0 Å². The number of aryl methyl sites for hydroxylation is 1. The number of aliphatic hydroxyl groups excluding tert-OH is 1. The molecule has 2 unspecified atom stereocenters. The average molecular weight is 239 g/mol. The van der Waals surface area contributed by atoms with E-state index in [4.69, 9.17) is 0 Å². The van der Waals surface area contributed by atoms with E-state index < -0.39 is 11.0 Å². The Labute approximate surface area is 99.8 Å². The van der Waals surface area contributed by atoms with Gasteiger partial charge in [-0.05, 0) is 32.8 Å². The van der Waals surface area contributed by atoms with E-state index in [1.807, 2.05) is 6.92 Å². The number of hydrogen-bond acceptors (Lipinski definition) is 5. The lowest BCUT2D eigenvalue weighted by Gasteiger charge is -2.17. The molecule has 1 aromatic rings. The van der Waals surface area contributed by atoms with E-state index in [2.05, 4.69) is 10.3 Å². The molecular formula is C11H17N3O3. The Balaban J connectivity index is 2.75. The molecule has 0 aromatic carbocycles. The van der Waals surface area contributed by atoms with Crippen molar-refractivity contribution in [1.29, 1.82) is 0 Å². The van der Waals surface area contributed by atoms with Crippen molar-refractivity contribution in [1.82, 2.24) is 4.98 Å². The first-order valence-electron chi connectivity index (χ1n) is 5.45. The van der Waals surface area contributed by atoms with Crippen LogP contribution in [0.3, 0.4) is 0 Å². The van der Waals surface area contributed by atoms with Crippen molar-refractivity contribution in [2.24, 2.45) is 0 Å². The maximum Gasteiger partial charge on any atom is 0.287 e. The van der Waals surface area contributed by atoms with E-state index in [1.54, 1.807) is 13.8 Å². The fourth-order valence-electron chi connectivity index (χ4n) is 1.61. The van der Waals surface area contributed by atoms with Crippen LogP contribution in [-0.2, 0) is 0 Å². The number of rotatable bonds is 5. The van der Waals surface area contributed by atoms with Crippen LogP contribution < -0.4 is 5.32 Å². The van der Waals surface area contributed by atoms with Crippen LogP contribution in [0, 0.1) is 17.0 Å². The van der Waals surface area contributed by atoms with Gasteiger partial charge in [0, 0.05) is 12.1 Å². The monoisotopic (exact) mass is 239 g/mol. The van der Waals surface area contributed by atoms with E-state index >= 15 is 0 Å². The van der Waals surface area contributed by atoms with Gasteiger partial charge in [0.2, 0.25) is 0 Å². The quantitative estimate of drug-likeness (QED) is 0.605. The average Bonchev–Trinajstić information content (AvgIpc) is 2.19. The molecule has 0 aliphatic heterocycles. The predicted molar refractivity (Wildman–Crippen MR) is 65.0 cm³/mol. The van der Waals surface area contributed by atoms with Crippen LogP contribution >= 0.6 is 0 Å². The number of nitro groups is 1. The molecule has 0 bridgehead atoms. The van der Waals surface area contributed by atoms with Crippen LogP contribution in [-0.4, -0.2) is 27.2 Å². The highest BCUT2D eigenvalue weighted by Gasteiger charge is 2.12. The van der Waals surface area contributed by atoms with Gasteiger partial charge < -0.3 is 10.4 Å². The second-order valence-electron chi connectivity index (χ2n) is 4.25. The minimum Gasteiger partial charge on any atom is -0.393 e. The topological polar surface area (TPSA) is 88.3 Å². The fraction of sp³-hybridized carbons (Fsp3) is 0.545. The van der Waals surface area contributed by atoms with Crippen LogP contribution in [0.25, 0.3) is 0 Å². The standard InChI is InChI=1S/C11H17N3O3/c1-7-4-10(14(16)17)6-12-11(7)13-8(2)5-9(3)15/h4,6,8-9,15H,5H2,1-3H3,(H,12,13). The highest BCUT2D eigenvalue weighted by Crippen LogP contribution is 2.19. The fourth-order valence-corrected chi connectivity index (χ4v) is 1.61. The third kappa shape index (κ3) is 3.99. The molecule has 94 valence electrons. The van der Waals surface area contributed by atoms with E-state index in [0.29, 0.717) is 12.2 Å². The molecule has 0 aliphatic carbocycles. The highest BCUT2D eigenvalue weighted by atomic mass is 16.6. The number of aromatic nitrogens is 1. The third-order valence-electron chi connectivity index (χ3n) is 2.35. The van der Waals surface area contributed by atoms with Crippen LogP contribution in [0.1, 0.15) is 25.8 Å². The molecule has 2 N–H and O–H groups in total. The summed E-state index contributed by atoms with van der Waals surface area (Å²) >= 11 is 0.